The third-order valence-corrected chi connectivity index (χ3v) is 1.13. The fourth-order valence-corrected chi connectivity index (χ4v) is 0. The van der Waals surface area contributed by atoms with Crippen molar-refractivity contribution in [3.05, 3.63) is 0 Å². The van der Waals surface area contributed by atoms with Crippen LogP contribution in [0.3, 0.4) is 0 Å². The quantitative estimate of drug-likeness (QED) is 0.499. The second-order valence-corrected chi connectivity index (χ2v) is 2.31. The molecule has 0 aromatic rings. The molecule has 0 amide bonds. The van der Waals surface area contributed by atoms with Crippen molar-refractivity contribution in [2.45, 2.75) is 26.6 Å². The van der Waals surface area contributed by atoms with E-state index in [0.29, 0.717) is 0 Å². The molecule has 2 N–H and O–H groups in total. The van der Waals surface area contributed by atoms with Crippen molar-refractivity contribution in [2.24, 2.45) is 11.7 Å². The second-order valence-electron chi connectivity index (χ2n) is 2.31. The number of rotatable bonds is 1. The van der Waals surface area contributed by atoms with E-state index in [9.17, 15) is 4.39 Å². The van der Waals surface area contributed by atoms with Crippen molar-refractivity contribution in [1.29, 1.82) is 0 Å². The van der Waals surface area contributed by atoms with Gasteiger partial charge in [-0.25, -0.2) is 4.39 Å². The molecule has 2 heteroatoms. The van der Waals surface area contributed by atoms with Crippen molar-refractivity contribution < 1.29 is 4.39 Å². The number of alkyl halides is 1. The average Bonchev–Trinajstić information content (AvgIpc) is 1.31. The van der Waals surface area contributed by atoms with E-state index in [1.165, 1.54) is 6.92 Å². The van der Waals surface area contributed by atoms with Crippen LogP contribution in [0, 0.1) is 5.92 Å². The van der Waals surface area contributed by atoms with Crippen LogP contribution in [0.5, 0.6) is 0 Å². The zero-order chi connectivity index (χ0) is 6.08. The zero-order valence-electron chi connectivity index (χ0n) is 5.03. The van der Waals surface area contributed by atoms with Crippen LogP contribution >= 0.6 is 0 Å². The topological polar surface area (TPSA) is 26.0 Å². The van der Waals surface area contributed by atoms with E-state index in [0.717, 1.165) is 0 Å². The van der Waals surface area contributed by atoms with Gasteiger partial charge >= 0.3 is 0 Å². The van der Waals surface area contributed by atoms with Gasteiger partial charge in [0.1, 0.15) is 0 Å². The molecule has 0 aliphatic rings. The lowest BCUT2D eigenvalue weighted by molar-refractivity contribution is 0.132. The largest absolute Gasteiger partial charge is 0.299 e. The number of hydrogen-bond acceptors (Lipinski definition) is 1. The van der Waals surface area contributed by atoms with Gasteiger partial charge in [-0.1, -0.05) is 13.8 Å². The molecule has 0 aliphatic carbocycles. The van der Waals surface area contributed by atoms with Gasteiger partial charge in [0, 0.05) is 5.92 Å². The van der Waals surface area contributed by atoms with Gasteiger partial charge in [-0.05, 0) is 6.92 Å². The van der Waals surface area contributed by atoms with Crippen molar-refractivity contribution in [2.75, 3.05) is 0 Å². The van der Waals surface area contributed by atoms with Crippen LogP contribution in [-0.2, 0) is 0 Å². The monoisotopic (exact) mass is 105 g/mol. The Labute approximate surface area is 43.7 Å². The first kappa shape index (κ1) is 6.89. The third kappa shape index (κ3) is 2.57. The standard InChI is InChI=1S/C5H12FN/c1-4(2)5(3,6)7/h4H,7H2,1-3H3. The maximum absolute atomic E-state index is 12.3. The van der Waals surface area contributed by atoms with Crippen molar-refractivity contribution in [1.82, 2.24) is 0 Å². The molecule has 1 atom stereocenters. The molecule has 0 fully saturated rings. The van der Waals surface area contributed by atoms with Gasteiger partial charge in [-0.15, -0.1) is 0 Å². The van der Waals surface area contributed by atoms with Gasteiger partial charge in [0.05, 0.1) is 0 Å². The van der Waals surface area contributed by atoms with Crippen LogP contribution in [0.1, 0.15) is 20.8 Å². The number of hydrogen-bond donors (Lipinski definition) is 1. The first-order chi connectivity index (χ1) is 2.94. The van der Waals surface area contributed by atoms with E-state index in [-0.39, 0.29) is 5.92 Å². The van der Waals surface area contributed by atoms with Gasteiger partial charge in [-0.2, -0.15) is 0 Å². The van der Waals surface area contributed by atoms with Crippen molar-refractivity contribution in [3.8, 4) is 0 Å². The highest BCUT2D eigenvalue weighted by Crippen LogP contribution is 2.12. The normalized spacial score (nSPS) is 19.7. The minimum atomic E-state index is -1.50. The lowest BCUT2D eigenvalue weighted by atomic mass is 10.1. The Morgan fingerprint density at radius 3 is 1.71 bits per heavy atom. The first-order valence-corrected chi connectivity index (χ1v) is 2.42. The molecule has 0 aromatic carbocycles. The van der Waals surface area contributed by atoms with Crippen LogP contribution in [0.4, 0.5) is 4.39 Å². The average molecular weight is 105 g/mol. The van der Waals surface area contributed by atoms with Crippen molar-refractivity contribution >= 4 is 0 Å². The highest BCUT2D eigenvalue weighted by Gasteiger charge is 2.20. The van der Waals surface area contributed by atoms with Gasteiger partial charge in [0.2, 0.25) is 0 Å². The molecule has 7 heavy (non-hydrogen) atoms. The van der Waals surface area contributed by atoms with E-state index in [1.807, 2.05) is 0 Å². The third-order valence-electron chi connectivity index (χ3n) is 1.13. The Hall–Kier alpha value is -0.110. The second kappa shape index (κ2) is 1.78. The zero-order valence-corrected chi connectivity index (χ0v) is 5.03. The lowest BCUT2D eigenvalue weighted by Gasteiger charge is -2.17. The fraction of sp³-hybridized carbons (Fsp3) is 1.00. The van der Waals surface area contributed by atoms with Crippen LogP contribution in [0.25, 0.3) is 0 Å². The Kier molecular flexibility index (Phi) is 1.75. The summed E-state index contributed by atoms with van der Waals surface area (Å²) in [5.41, 5.74) is 5.01. The minimum absolute atomic E-state index is 0.0903. The lowest BCUT2D eigenvalue weighted by Crippen LogP contribution is -2.35. The molecule has 1 nitrogen and oxygen atoms in total. The van der Waals surface area contributed by atoms with Gasteiger partial charge in [0.15, 0.2) is 5.79 Å². The van der Waals surface area contributed by atoms with E-state index >= 15 is 0 Å². The molecule has 0 aliphatic heterocycles. The summed E-state index contributed by atoms with van der Waals surface area (Å²) in [6.45, 7) is 4.87. The number of nitrogens with two attached hydrogens (primary N) is 1. The Morgan fingerprint density at radius 1 is 1.57 bits per heavy atom. The fourth-order valence-electron chi connectivity index (χ4n) is 0. The van der Waals surface area contributed by atoms with Crippen molar-refractivity contribution in [3.63, 3.8) is 0 Å². The number of halogens is 1. The van der Waals surface area contributed by atoms with E-state index in [2.05, 4.69) is 0 Å². The molecule has 0 bridgehead atoms. The summed E-state index contributed by atoms with van der Waals surface area (Å²) in [5, 5.41) is 0. The highest BCUT2D eigenvalue weighted by molar-refractivity contribution is 4.66. The van der Waals surface area contributed by atoms with Gasteiger partial charge in [0.25, 0.3) is 0 Å². The molecule has 0 rings (SSSR count). The summed E-state index contributed by atoms with van der Waals surface area (Å²) in [6.07, 6.45) is 0. The molecule has 44 valence electrons. The summed E-state index contributed by atoms with van der Waals surface area (Å²) >= 11 is 0. The SMILES string of the molecule is CC(C)C(C)(N)F. The summed E-state index contributed by atoms with van der Waals surface area (Å²) in [4.78, 5) is 0. The molecule has 0 saturated heterocycles. The molecule has 0 saturated carbocycles. The minimum Gasteiger partial charge on any atom is -0.299 e. The predicted octanol–water partition coefficient (Wildman–Crippen LogP) is 1.29. The summed E-state index contributed by atoms with van der Waals surface area (Å²) in [6, 6.07) is 0. The molecular formula is C5H12FN. The first-order valence-electron chi connectivity index (χ1n) is 2.42. The van der Waals surface area contributed by atoms with Crippen LogP contribution in [0.2, 0.25) is 0 Å². The maximum atomic E-state index is 12.3. The highest BCUT2D eigenvalue weighted by atomic mass is 19.1. The Morgan fingerprint density at radius 2 is 1.71 bits per heavy atom. The Bertz CT molecular complexity index is 53.6. The molecule has 0 aromatic heterocycles. The smallest absolute Gasteiger partial charge is 0.158 e. The van der Waals surface area contributed by atoms with Gasteiger partial charge in [-0.3, -0.25) is 5.73 Å². The molecular weight excluding hydrogens is 93.1 g/mol. The Balaban J connectivity index is 3.54. The van der Waals surface area contributed by atoms with Crippen LogP contribution in [-0.4, -0.2) is 5.79 Å². The maximum Gasteiger partial charge on any atom is 0.158 e. The molecule has 0 heterocycles. The van der Waals surface area contributed by atoms with Gasteiger partial charge < -0.3 is 0 Å². The predicted molar refractivity (Wildman–Crippen MR) is 28.5 cm³/mol. The summed E-state index contributed by atoms with van der Waals surface area (Å²) < 4.78 is 12.3. The van der Waals surface area contributed by atoms with E-state index in [1.54, 1.807) is 13.8 Å². The van der Waals surface area contributed by atoms with Crippen LogP contribution in [0.15, 0.2) is 0 Å². The van der Waals surface area contributed by atoms with Crippen LogP contribution < -0.4 is 5.73 Å². The molecule has 0 radical (unpaired) electrons. The molecule has 1 unspecified atom stereocenters. The molecule has 0 spiro atoms. The van der Waals surface area contributed by atoms with E-state index < -0.39 is 5.79 Å². The summed E-state index contributed by atoms with van der Waals surface area (Å²) in [5.74, 6) is -1.59. The van der Waals surface area contributed by atoms with E-state index in [4.69, 9.17) is 5.73 Å². The summed E-state index contributed by atoms with van der Waals surface area (Å²) in [7, 11) is 0.